The molecule has 0 saturated heterocycles. The van der Waals surface area contributed by atoms with Crippen LogP contribution in [0.5, 0.6) is 0 Å². The number of hydrogen-bond acceptors (Lipinski definition) is 5. The van der Waals surface area contributed by atoms with E-state index in [0.29, 0.717) is 17.2 Å². The number of hydrogen-bond donors (Lipinski definition) is 2. The number of fused-ring (bicyclic) bond motifs is 1. The number of amides is 1. The average molecular weight is 375 g/mol. The lowest BCUT2D eigenvalue weighted by molar-refractivity contribution is 0.0930. The van der Waals surface area contributed by atoms with Crippen molar-refractivity contribution in [3.05, 3.63) is 66.2 Å². The number of benzene rings is 2. The molecule has 0 unspecified atom stereocenters. The molecule has 8 nitrogen and oxygen atoms in total. The van der Waals surface area contributed by atoms with Gasteiger partial charge in [0.25, 0.3) is 5.91 Å². The molecule has 4 aromatic rings. The van der Waals surface area contributed by atoms with Crippen LogP contribution in [0.3, 0.4) is 0 Å². The largest absolute Gasteiger partial charge is 0.342 e. The van der Waals surface area contributed by atoms with E-state index < -0.39 is 0 Å². The van der Waals surface area contributed by atoms with Gasteiger partial charge in [-0.15, -0.1) is 5.10 Å². The number of rotatable bonds is 6. The number of nitrogens with one attached hydrogen (secondary N) is 2. The third kappa shape index (κ3) is 3.62. The van der Waals surface area contributed by atoms with E-state index in [1.807, 2.05) is 42.5 Å². The second kappa shape index (κ2) is 7.59. The van der Waals surface area contributed by atoms with Crippen LogP contribution in [-0.4, -0.2) is 36.1 Å². The lowest BCUT2D eigenvalue weighted by atomic mass is 10.0. The third-order valence-corrected chi connectivity index (χ3v) is 4.49. The van der Waals surface area contributed by atoms with Gasteiger partial charge in [0.1, 0.15) is 12.2 Å². The molecule has 2 aromatic carbocycles. The quantitative estimate of drug-likeness (QED) is 0.539. The fourth-order valence-electron chi connectivity index (χ4n) is 3.22. The van der Waals surface area contributed by atoms with Crippen molar-refractivity contribution in [1.82, 2.24) is 35.5 Å². The van der Waals surface area contributed by atoms with Gasteiger partial charge in [-0.3, -0.25) is 4.79 Å². The highest BCUT2D eigenvalue weighted by atomic mass is 16.1. The van der Waals surface area contributed by atoms with Crippen LogP contribution < -0.4 is 5.32 Å². The molecule has 4 rings (SSSR count). The molecule has 0 aliphatic heterocycles. The Morgan fingerprint density at radius 1 is 1.14 bits per heavy atom. The molecule has 0 spiro atoms. The van der Waals surface area contributed by atoms with Crippen LogP contribution in [0.15, 0.2) is 54.9 Å². The summed E-state index contributed by atoms with van der Waals surface area (Å²) in [6.07, 6.45) is 2.23. The van der Waals surface area contributed by atoms with Crippen molar-refractivity contribution in [2.75, 3.05) is 0 Å². The number of aromatic amines is 1. The molecule has 8 heteroatoms. The molecule has 2 aromatic heterocycles. The maximum Gasteiger partial charge on any atom is 0.254 e. The molecule has 0 bridgehead atoms. The molecular weight excluding hydrogens is 354 g/mol. The molecule has 0 radical (unpaired) electrons. The standard InChI is InChI=1S/C20H21N7O/c1-13(2)11-17(19-22-15-8-4-5-9-16(15)23-19)24-20(28)14-7-3-6-10-18(14)27-12-21-25-26-27/h3-10,12-13,17H,11H2,1-2H3,(H,22,23)(H,24,28)/t17-/m0/s1. The first-order valence-electron chi connectivity index (χ1n) is 9.19. The van der Waals surface area contributed by atoms with E-state index in [9.17, 15) is 4.79 Å². The number of tetrazole rings is 1. The van der Waals surface area contributed by atoms with Crippen molar-refractivity contribution < 1.29 is 4.79 Å². The van der Waals surface area contributed by atoms with Gasteiger partial charge in [0.2, 0.25) is 0 Å². The zero-order valence-electron chi connectivity index (χ0n) is 15.7. The van der Waals surface area contributed by atoms with E-state index in [0.717, 1.165) is 23.3 Å². The van der Waals surface area contributed by atoms with E-state index in [1.165, 1.54) is 11.0 Å². The van der Waals surface area contributed by atoms with Crippen LogP contribution in [0.25, 0.3) is 16.7 Å². The van der Waals surface area contributed by atoms with E-state index in [2.05, 4.69) is 44.7 Å². The highest BCUT2D eigenvalue weighted by molar-refractivity contribution is 5.98. The maximum atomic E-state index is 13.1. The van der Waals surface area contributed by atoms with E-state index in [-0.39, 0.29) is 11.9 Å². The minimum absolute atomic E-state index is 0.197. The van der Waals surface area contributed by atoms with Crippen molar-refractivity contribution in [1.29, 1.82) is 0 Å². The summed E-state index contributed by atoms with van der Waals surface area (Å²) < 4.78 is 1.48. The molecule has 0 fully saturated rings. The SMILES string of the molecule is CC(C)C[C@H](NC(=O)c1ccccc1-n1cnnn1)c1nc2ccccc2[nH]1. The van der Waals surface area contributed by atoms with E-state index >= 15 is 0 Å². The highest BCUT2D eigenvalue weighted by Gasteiger charge is 2.22. The first-order valence-corrected chi connectivity index (χ1v) is 9.19. The van der Waals surface area contributed by atoms with Crippen LogP contribution in [0.1, 0.15) is 42.5 Å². The Bertz CT molecular complexity index is 1050. The summed E-state index contributed by atoms with van der Waals surface area (Å²) in [6.45, 7) is 4.24. The van der Waals surface area contributed by atoms with Crippen LogP contribution in [0.4, 0.5) is 0 Å². The van der Waals surface area contributed by atoms with Gasteiger partial charge in [-0.05, 0) is 47.0 Å². The third-order valence-electron chi connectivity index (χ3n) is 4.49. The second-order valence-corrected chi connectivity index (χ2v) is 7.07. The molecule has 1 atom stereocenters. The molecule has 0 saturated carbocycles. The van der Waals surface area contributed by atoms with Gasteiger partial charge in [0.05, 0.1) is 28.3 Å². The van der Waals surface area contributed by atoms with Gasteiger partial charge in [0.15, 0.2) is 0 Å². The summed E-state index contributed by atoms with van der Waals surface area (Å²) in [4.78, 5) is 21.1. The minimum Gasteiger partial charge on any atom is -0.342 e. The molecule has 142 valence electrons. The van der Waals surface area contributed by atoms with Crippen LogP contribution in [0.2, 0.25) is 0 Å². The first-order chi connectivity index (χ1) is 13.6. The normalized spacial score (nSPS) is 12.4. The van der Waals surface area contributed by atoms with Gasteiger partial charge in [-0.25, -0.2) is 4.98 Å². The van der Waals surface area contributed by atoms with Crippen LogP contribution in [0, 0.1) is 5.92 Å². The zero-order chi connectivity index (χ0) is 19.5. The Labute approximate surface area is 162 Å². The summed E-state index contributed by atoms with van der Waals surface area (Å²) >= 11 is 0. The summed E-state index contributed by atoms with van der Waals surface area (Å²) in [6, 6.07) is 14.8. The maximum absolute atomic E-state index is 13.1. The summed E-state index contributed by atoms with van der Waals surface area (Å²) in [7, 11) is 0. The van der Waals surface area contributed by atoms with Crippen LogP contribution in [-0.2, 0) is 0 Å². The molecule has 2 N–H and O–H groups in total. The van der Waals surface area contributed by atoms with E-state index in [1.54, 1.807) is 6.07 Å². The van der Waals surface area contributed by atoms with Crippen molar-refractivity contribution in [3.8, 4) is 5.69 Å². The number of aromatic nitrogens is 6. The Morgan fingerprint density at radius 2 is 1.93 bits per heavy atom. The van der Waals surface area contributed by atoms with Gasteiger partial charge in [0, 0.05) is 0 Å². The summed E-state index contributed by atoms with van der Waals surface area (Å²) in [5, 5.41) is 14.3. The topological polar surface area (TPSA) is 101 Å². The zero-order valence-corrected chi connectivity index (χ0v) is 15.7. The molecular formula is C20H21N7O. The fraction of sp³-hybridized carbons (Fsp3) is 0.250. The predicted molar refractivity (Wildman–Crippen MR) is 105 cm³/mol. The Hall–Kier alpha value is -3.55. The number of nitrogens with zero attached hydrogens (tertiary/aromatic N) is 5. The monoisotopic (exact) mass is 375 g/mol. The molecule has 1 amide bonds. The molecule has 28 heavy (non-hydrogen) atoms. The Morgan fingerprint density at radius 3 is 2.68 bits per heavy atom. The van der Waals surface area contributed by atoms with Gasteiger partial charge < -0.3 is 10.3 Å². The van der Waals surface area contributed by atoms with Crippen LogP contribution >= 0.6 is 0 Å². The number of H-pyrrole nitrogens is 1. The number of carbonyl (C=O) groups is 1. The Kier molecular flexibility index (Phi) is 4.84. The molecule has 2 heterocycles. The molecule has 0 aliphatic rings. The van der Waals surface area contributed by atoms with E-state index in [4.69, 9.17) is 0 Å². The molecule has 0 aliphatic carbocycles. The number of para-hydroxylation sites is 3. The highest BCUT2D eigenvalue weighted by Crippen LogP contribution is 2.23. The van der Waals surface area contributed by atoms with Gasteiger partial charge in [-0.1, -0.05) is 38.1 Å². The summed E-state index contributed by atoms with van der Waals surface area (Å²) in [5.74, 6) is 0.939. The Balaban J connectivity index is 1.65. The van der Waals surface area contributed by atoms with Gasteiger partial charge >= 0.3 is 0 Å². The summed E-state index contributed by atoms with van der Waals surface area (Å²) in [5.41, 5.74) is 2.96. The number of imidazole rings is 1. The van der Waals surface area contributed by atoms with Crippen molar-refractivity contribution >= 4 is 16.9 Å². The van der Waals surface area contributed by atoms with Gasteiger partial charge in [-0.2, -0.15) is 4.68 Å². The smallest absolute Gasteiger partial charge is 0.254 e. The average Bonchev–Trinajstić information content (AvgIpc) is 3.36. The number of carbonyl (C=O) groups excluding carboxylic acids is 1. The van der Waals surface area contributed by atoms with Crippen molar-refractivity contribution in [2.24, 2.45) is 5.92 Å². The van der Waals surface area contributed by atoms with Crippen molar-refractivity contribution in [3.63, 3.8) is 0 Å². The first kappa shape index (κ1) is 17.8. The lowest BCUT2D eigenvalue weighted by Gasteiger charge is -2.19. The fourth-order valence-corrected chi connectivity index (χ4v) is 3.22. The minimum atomic E-state index is -0.234. The van der Waals surface area contributed by atoms with Crippen molar-refractivity contribution in [2.45, 2.75) is 26.3 Å². The predicted octanol–water partition coefficient (Wildman–Crippen LogP) is 3.06. The lowest BCUT2D eigenvalue weighted by Crippen LogP contribution is -2.31. The second-order valence-electron chi connectivity index (χ2n) is 7.07.